The average molecular weight is 470 g/mol. The summed E-state index contributed by atoms with van der Waals surface area (Å²) in [7, 11) is 1.78. The SMILES string of the molecule is C=CCCC1N(C)C(=O)c2c(OCc3ccccc3)c(=O)ccn2N1C(CC=C)c1ccccc1. The Morgan fingerprint density at radius 1 is 0.971 bits per heavy atom. The number of carbonyl (C=O) groups excluding carboxylic acids is 1. The Bertz CT molecular complexity index is 1240. The van der Waals surface area contributed by atoms with Crippen molar-refractivity contribution >= 4 is 5.91 Å². The summed E-state index contributed by atoms with van der Waals surface area (Å²) in [5.41, 5.74) is 1.92. The lowest BCUT2D eigenvalue weighted by Gasteiger charge is -2.49. The highest BCUT2D eigenvalue weighted by Crippen LogP contribution is 2.34. The molecule has 1 aliphatic rings. The van der Waals surface area contributed by atoms with Gasteiger partial charge in [0.2, 0.25) is 5.43 Å². The number of fused-ring (bicyclic) bond motifs is 1. The first kappa shape index (κ1) is 24.1. The molecule has 2 heterocycles. The molecule has 0 spiro atoms. The lowest BCUT2D eigenvalue weighted by Crippen LogP contribution is -2.61. The van der Waals surface area contributed by atoms with Crippen LogP contribution in [0.1, 0.15) is 46.9 Å². The summed E-state index contributed by atoms with van der Waals surface area (Å²) in [4.78, 5) is 28.3. The Morgan fingerprint density at radius 2 is 1.66 bits per heavy atom. The number of pyridine rings is 1. The molecule has 2 aromatic carbocycles. The molecule has 0 fully saturated rings. The molecule has 2 unspecified atom stereocenters. The molecule has 6 heteroatoms. The zero-order valence-electron chi connectivity index (χ0n) is 20.0. The number of amides is 1. The van der Waals surface area contributed by atoms with Crippen LogP contribution in [-0.2, 0) is 6.61 Å². The minimum absolute atomic E-state index is 0.0609. The number of rotatable bonds is 10. The Morgan fingerprint density at radius 3 is 2.31 bits per heavy atom. The first-order chi connectivity index (χ1) is 17.1. The summed E-state index contributed by atoms with van der Waals surface area (Å²) in [6.07, 6.45) is 7.26. The standard InChI is InChI=1S/C29H31N3O3/c1-4-6-18-26-30(3)29(34)27-28(35-21-22-14-9-7-10-15-22)25(33)19-20-31(27)32(26)24(13-5-2)23-16-11-8-12-17-23/h4-5,7-12,14-17,19-20,24,26H,1-2,6,13,18,21H2,3H3. The second-order valence-corrected chi connectivity index (χ2v) is 8.57. The lowest BCUT2D eigenvalue weighted by molar-refractivity contribution is 0.0596. The Hall–Kier alpha value is -4.06. The van der Waals surface area contributed by atoms with E-state index in [9.17, 15) is 9.59 Å². The quantitative estimate of drug-likeness (QED) is 0.390. The number of hydrogen-bond acceptors (Lipinski definition) is 4. The van der Waals surface area contributed by atoms with E-state index in [1.54, 1.807) is 22.8 Å². The highest BCUT2D eigenvalue weighted by Gasteiger charge is 2.40. The second kappa shape index (κ2) is 10.9. The monoisotopic (exact) mass is 469 g/mol. The third-order valence-corrected chi connectivity index (χ3v) is 6.31. The van der Waals surface area contributed by atoms with Gasteiger partial charge in [0.1, 0.15) is 12.8 Å². The number of nitrogens with zero attached hydrogens (tertiary/aromatic N) is 3. The molecule has 0 aliphatic carbocycles. The van der Waals surface area contributed by atoms with Crippen molar-refractivity contribution in [3.63, 3.8) is 0 Å². The maximum absolute atomic E-state index is 13.7. The maximum Gasteiger partial charge on any atom is 0.277 e. The van der Waals surface area contributed by atoms with E-state index >= 15 is 0 Å². The number of allylic oxidation sites excluding steroid dienone is 1. The number of carbonyl (C=O) groups is 1. The number of ether oxygens (including phenoxy) is 1. The third kappa shape index (κ3) is 4.92. The van der Waals surface area contributed by atoms with E-state index in [1.165, 1.54) is 6.07 Å². The van der Waals surface area contributed by atoms with Crippen LogP contribution in [0.4, 0.5) is 0 Å². The minimum atomic E-state index is -0.321. The third-order valence-electron chi connectivity index (χ3n) is 6.31. The van der Waals surface area contributed by atoms with E-state index in [1.807, 2.05) is 60.7 Å². The van der Waals surface area contributed by atoms with Crippen LogP contribution in [0.5, 0.6) is 5.75 Å². The number of hydrogen-bond donors (Lipinski definition) is 0. The molecule has 0 bridgehead atoms. The van der Waals surface area contributed by atoms with Gasteiger partial charge in [0.15, 0.2) is 11.4 Å². The molecule has 6 nitrogen and oxygen atoms in total. The van der Waals surface area contributed by atoms with Crippen LogP contribution >= 0.6 is 0 Å². The van der Waals surface area contributed by atoms with Gasteiger partial charge in [0.25, 0.3) is 5.91 Å². The summed E-state index contributed by atoms with van der Waals surface area (Å²) < 4.78 is 7.81. The van der Waals surface area contributed by atoms with Gasteiger partial charge in [-0.2, -0.15) is 0 Å². The lowest BCUT2D eigenvalue weighted by atomic mass is 10.0. The van der Waals surface area contributed by atoms with Gasteiger partial charge in [0.05, 0.1) is 6.04 Å². The fourth-order valence-corrected chi connectivity index (χ4v) is 4.57. The van der Waals surface area contributed by atoms with Crippen LogP contribution in [0.15, 0.2) is 103 Å². The number of benzene rings is 2. The molecule has 2 atom stereocenters. The molecule has 180 valence electrons. The van der Waals surface area contributed by atoms with E-state index < -0.39 is 0 Å². The maximum atomic E-state index is 13.7. The van der Waals surface area contributed by atoms with Gasteiger partial charge in [-0.1, -0.05) is 72.8 Å². The van der Waals surface area contributed by atoms with Crippen LogP contribution in [0.2, 0.25) is 0 Å². The molecule has 1 aliphatic heterocycles. The molecule has 0 saturated carbocycles. The summed E-state index contributed by atoms with van der Waals surface area (Å²) in [6.45, 7) is 8.05. The fraction of sp³-hybridized carbons (Fsp3) is 0.241. The zero-order valence-corrected chi connectivity index (χ0v) is 20.0. The predicted octanol–water partition coefficient (Wildman–Crippen LogP) is 5.06. The molecule has 1 amide bonds. The molecule has 0 radical (unpaired) electrons. The van der Waals surface area contributed by atoms with Crippen LogP contribution in [0, 0.1) is 0 Å². The van der Waals surface area contributed by atoms with Gasteiger partial charge >= 0.3 is 0 Å². The van der Waals surface area contributed by atoms with Gasteiger partial charge in [-0.15, -0.1) is 13.2 Å². The van der Waals surface area contributed by atoms with Crippen molar-refractivity contribution in [2.75, 3.05) is 12.1 Å². The zero-order chi connectivity index (χ0) is 24.8. The summed E-state index contributed by atoms with van der Waals surface area (Å²) in [5, 5.41) is 2.16. The van der Waals surface area contributed by atoms with Crippen molar-refractivity contribution in [1.82, 2.24) is 9.58 Å². The van der Waals surface area contributed by atoms with Gasteiger partial charge in [-0.25, -0.2) is 0 Å². The normalized spacial score (nSPS) is 15.9. The summed E-state index contributed by atoms with van der Waals surface area (Å²) in [5.74, 6) is -0.188. The predicted molar refractivity (Wildman–Crippen MR) is 139 cm³/mol. The van der Waals surface area contributed by atoms with Crippen LogP contribution in [0.25, 0.3) is 0 Å². The van der Waals surface area contributed by atoms with E-state index in [4.69, 9.17) is 4.74 Å². The van der Waals surface area contributed by atoms with E-state index in [-0.39, 0.29) is 41.6 Å². The van der Waals surface area contributed by atoms with Crippen molar-refractivity contribution in [2.24, 2.45) is 0 Å². The molecular weight excluding hydrogens is 438 g/mol. The summed E-state index contributed by atoms with van der Waals surface area (Å²) >= 11 is 0. The molecule has 0 saturated heterocycles. The van der Waals surface area contributed by atoms with Crippen LogP contribution < -0.4 is 15.2 Å². The first-order valence-corrected chi connectivity index (χ1v) is 11.8. The second-order valence-electron chi connectivity index (χ2n) is 8.57. The molecule has 1 aromatic heterocycles. The van der Waals surface area contributed by atoms with Gasteiger partial charge in [-0.3, -0.25) is 19.3 Å². The van der Waals surface area contributed by atoms with Gasteiger partial charge in [0, 0.05) is 19.3 Å². The Labute approximate surface area is 206 Å². The van der Waals surface area contributed by atoms with E-state index in [2.05, 4.69) is 30.3 Å². The minimum Gasteiger partial charge on any atom is -0.482 e. The van der Waals surface area contributed by atoms with E-state index in [0.717, 1.165) is 17.5 Å². The Balaban J connectivity index is 1.85. The largest absolute Gasteiger partial charge is 0.482 e. The number of aromatic nitrogens is 1. The molecule has 0 N–H and O–H groups in total. The van der Waals surface area contributed by atoms with E-state index in [0.29, 0.717) is 12.8 Å². The molecule has 3 aromatic rings. The molecule has 35 heavy (non-hydrogen) atoms. The average Bonchev–Trinajstić information content (AvgIpc) is 2.89. The van der Waals surface area contributed by atoms with Crippen molar-refractivity contribution in [3.05, 3.63) is 125 Å². The van der Waals surface area contributed by atoms with Crippen molar-refractivity contribution in [3.8, 4) is 5.75 Å². The Kier molecular flexibility index (Phi) is 7.51. The summed E-state index contributed by atoms with van der Waals surface area (Å²) in [6, 6.07) is 21.1. The molecular formula is C29H31N3O3. The molecule has 4 rings (SSSR count). The van der Waals surface area contributed by atoms with Crippen LogP contribution in [0.3, 0.4) is 0 Å². The van der Waals surface area contributed by atoms with Gasteiger partial charge in [-0.05, 0) is 30.4 Å². The fourth-order valence-electron chi connectivity index (χ4n) is 4.57. The smallest absolute Gasteiger partial charge is 0.277 e. The first-order valence-electron chi connectivity index (χ1n) is 11.8. The van der Waals surface area contributed by atoms with Crippen molar-refractivity contribution in [2.45, 2.75) is 38.1 Å². The highest BCUT2D eigenvalue weighted by atomic mass is 16.5. The van der Waals surface area contributed by atoms with Gasteiger partial charge < -0.3 is 9.64 Å². The topological polar surface area (TPSA) is 54.8 Å². The highest BCUT2D eigenvalue weighted by molar-refractivity contribution is 5.96. The van der Waals surface area contributed by atoms with Crippen molar-refractivity contribution < 1.29 is 9.53 Å². The van der Waals surface area contributed by atoms with Crippen molar-refractivity contribution in [1.29, 1.82) is 0 Å². The van der Waals surface area contributed by atoms with Crippen LogP contribution in [-0.4, -0.2) is 28.7 Å².